The van der Waals surface area contributed by atoms with Gasteiger partial charge in [-0.25, -0.2) is 4.79 Å². The predicted octanol–water partition coefficient (Wildman–Crippen LogP) is 5.47. The van der Waals surface area contributed by atoms with E-state index in [4.69, 9.17) is 16.3 Å². The first-order valence-electron chi connectivity index (χ1n) is 6.31. The summed E-state index contributed by atoms with van der Waals surface area (Å²) in [6.45, 7) is 0. The molecule has 4 heteroatoms. The number of carbonyl (C=O) groups excluding carboxylic acids is 1. The summed E-state index contributed by atoms with van der Waals surface area (Å²) in [5.74, 6) is -0.00444. The van der Waals surface area contributed by atoms with E-state index >= 15 is 0 Å². The maximum Gasteiger partial charge on any atom is 0.345 e. The molecule has 0 spiro atoms. The third-order valence-electron chi connectivity index (χ3n) is 3.12. The molecule has 0 saturated carbocycles. The van der Waals surface area contributed by atoms with Gasteiger partial charge in [-0.15, -0.1) is 0 Å². The van der Waals surface area contributed by atoms with E-state index in [1.54, 1.807) is 30.3 Å². The van der Waals surface area contributed by atoms with E-state index in [0.29, 0.717) is 16.3 Å². The second kappa shape index (κ2) is 5.88. The third-order valence-corrected chi connectivity index (χ3v) is 4.27. The summed E-state index contributed by atoms with van der Waals surface area (Å²) in [6, 6.07) is 18.4. The highest BCUT2D eigenvalue weighted by Crippen LogP contribution is 2.33. The summed E-state index contributed by atoms with van der Waals surface area (Å²) in [4.78, 5) is 12.2. The number of carbonyl (C=O) groups is 1. The van der Waals surface area contributed by atoms with Gasteiger partial charge in [0.2, 0.25) is 0 Å². The van der Waals surface area contributed by atoms with Crippen LogP contribution in [-0.4, -0.2) is 5.97 Å². The van der Waals surface area contributed by atoms with Gasteiger partial charge < -0.3 is 4.74 Å². The Balaban J connectivity index is 1.97. The molecule has 0 atom stereocenters. The first kappa shape index (κ1) is 14.1. The van der Waals surface area contributed by atoms with Crippen molar-refractivity contribution in [3.63, 3.8) is 0 Å². The number of rotatable bonds is 2. The minimum absolute atomic E-state index is 0.347. The molecule has 3 rings (SSSR count). The predicted molar refractivity (Wildman–Crippen MR) is 88.1 cm³/mol. The zero-order valence-corrected chi connectivity index (χ0v) is 13.2. The van der Waals surface area contributed by atoms with Crippen LogP contribution in [0.3, 0.4) is 0 Å². The average Bonchev–Trinajstić information content (AvgIpc) is 2.51. The van der Waals surface area contributed by atoms with Crippen molar-refractivity contribution in [1.82, 2.24) is 0 Å². The highest BCUT2D eigenvalue weighted by Gasteiger charge is 2.14. The molecule has 0 fully saturated rings. The van der Waals surface area contributed by atoms with Gasteiger partial charge in [0.1, 0.15) is 5.75 Å². The molecule has 0 aliphatic carbocycles. The molecule has 0 aliphatic heterocycles. The number of fused-ring (bicyclic) bond motifs is 1. The van der Waals surface area contributed by atoms with Gasteiger partial charge in [-0.3, -0.25) is 0 Å². The molecule has 0 saturated heterocycles. The van der Waals surface area contributed by atoms with Crippen LogP contribution < -0.4 is 4.74 Å². The van der Waals surface area contributed by atoms with Gasteiger partial charge >= 0.3 is 5.97 Å². The molecule has 0 amide bonds. The Morgan fingerprint density at radius 3 is 2.48 bits per heavy atom. The Morgan fingerprint density at radius 1 is 0.952 bits per heavy atom. The van der Waals surface area contributed by atoms with E-state index in [0.717, 1.165) is 15.2 Å². The summed E-state index contributed by atoms with van der Waals surface area (Å²) >= 11 is 9.50. The van der Waals surface area contributed by atoms with Crippen molar-refractivity contribution in [1.29, 1.82) is 0 Å². The van der Waals surface area contributed by atoms with Crippen LogP contribution in [-0.2, 0) is 0 Å². The summed E-state index contributed by atoms with van der Waals surface area (Å²) in [5, 5.41) is 2.43. The molecule has 0 radical (unpaired) electrons. The van der Waals surface area contributed by atoms with Crippen molar-refractivity contribution in [2.24, 2.45) is 0 Å². The van der Waals surface area contributed by atoms with Gasteiger partial charge in [0.15, 0.2) is 0 Å². The second-order valence-electron chi connectivity index (χ2n) is 4.47. The van der Waals surface area contributed by atoms with Crippen LogP contribution in [0.1, 0.15) is 10.4 Å². The Hall–Kier alpha value is -1.84. The van der Waals surface area contributed by atoms with Crippen LogP contribution in [0.4, 0.5) is 0 Å². The van der Waals surface area contributed by atoms with Crippen LogP contribution in [0, 0.1) is 0 Å². The van der Waals surface area contributed by atoms with Crippen molar-refractivity contribution in [2.45, 2.75) is 0 Å². The quantitative estimate of drug-likeness (QED) is 0.446. The van der Waals surface area contributed by atoms with Crippen molar-refractivity contribution in [3.8, 4) is 5.75 Å². The molecule has 0 N–H and O–H groups in total. The second-order valence-corrected chi connectivity index (χ2v) is 5.67. The summed E-state index contributed by atoms with van der Waals surface area (Å²) in [7, 11) is 0. The van der Waals surface area contributed by atoms with Gasteiger partial charge in [0.05, 0.1) is 15.1 Å². The monoisotopic (exact) mass is 360 g/mol. The Morgan fingerprint density at radius 2 is 1.67 bits per heavy atom. The number of ether oxygens (including phenoxy) is 1. The van der Waals surface area contributed by atoms with E-state index in [1.165, 1.54) is 0 Å². The third kappa shape index (κ3) is 2.80. The lowest BCUT2D eigenvalue weighted by Gasteiger charge is -2.09. The first-order chi connectivity index (χ1) is 10.2. The summed E-state index contributed by atoms with van der Waals surface area (Å²) in [5.41, 5.74) is 0.347. The standard InChI is InChI=1S/C17H10BrClO2/c18-16-12-6-2-1-5-11(12)9-10-15(16)21-17(20)13-7-3-4-8-14(13)19/h1-10H. The number of benzene rings is 3. The molecule has 0 bridgehead atoms. The maximum absolute atomic E-state index is 12.2. The normalized spacial score (nSPS) is 10.6. The van der Waals surface area contributed by atoms with E-state index in [2.05, 4.69) is 15.9 Å². The largest absolute Gasteiger partial charge is 0.422 e. The van der Waals surface area contributed by atoms with E-state index in [9.17, 15) is 4.79 Å². The lowest BCUT2D eigenvalue weighted by atomic mass is 10.1. The SMILES string of the molecule is O=C(Oc1ccc2ccccc2c1Br)c1ccccc1Cl. The molecule has 3 aromatic rings. The van der Waals surface area contributed by atoms with Crippen molar-refractivity contribution >= 4 is 44.3 Å². The average molecular weight is 362 g/mol. The number of hydrogen-bond donors (Lipinski definition) is 0. The molecule has 0 aromatic heterocycles. The van der Waals surface area contributed by atoms with Crippen molar-refractivity contribution < 1.29 is 9.53 Å². The molecule has 2 nitrogen and oxygen atoms in total. The fourth-order valence-electron chi connectivity index (χ4n) is 2.07. The number of halogens is 2. The molecule has 0 aliphatic rings. The lowest BCUT2D eigenvalue weighted by molar-refractivity contribution is 0.0734. The van der Waals surface area contributed by atoms with Crippen LogP contribution in [0.2, 0.25) is 5.02 Å². The van der Waals surface area contributed by atoms with E-state index in [1.807, 2.05) is 30.3 Å². The zero-order chi connectivity index (χ0) is 14.8. The zero-order valence-electron chi connectivity index (χ0n) is 10.8. The van der Waals surface area contributed by atoms with E-state index < -0.39 is 5.97 Å². The van der Waals surface area contributed by atoms with Crippen LogP contribution in [0.5, 0.6) is 5.75 Å². The minimum atomic E-state index is -0.475. The van der Waals surface area contributed by atoms with Gasteiger partial charge in [-0.1, -0.05) is 54.1 Å². The molecule has 0 heterocycles. The van der Waals surface area contributed by atoms with Crippen LogP contribution in [0.15, 0.2) is 65.1 Å². The van der Waals surface area contributed by atoms with Gasteiger partial charge in [-0.05, 0) is 44.9 Å². The van der Waals surface area contributed by atoms with Crippen molar-refractivity contribution in [3.05, 3.63) is 75.7 Å². The fraction of sp³-hybridized carbons (Fsp3) is 0. The van der Waals surface area contributed by atoms with Crippen LogP contribution in [0.25, 0.3) is 10.8 Å². The van der Waals surface area contributed by atoms with Gasteiger partial charge in [0.25, 0.3) is 0 Å². The molecule has 21 heavy (non-hydrogen) atoms. The minimum Gasteiger partial charge on any atom is -0.422 e. The summed E-state index contributed by atoms with van der Waals surface area (Å²) in [6.07, 6.45) is 0. The fourth-order valence-corrected chi connectivity index (χ4v) is 2.86. The summed E-state index contributed by atoms with van der Waals surface area (Å²) < 4.78 is 6.20. The molecular formula is C17H10BrClO2. The van der Waals surface area contributed by atoms with E-state index in [-0.39, 0.29) is 0 Å². The van der Waals surface area contributed by atoms with Gasteiger partial charge in [-0.2, -0.15) is 0 Å². The highest BCUT2D eigenvalue weighted by molar-refractivity contribution is 9.10. The topological polar surface area (TPSA) is 26.3 Å². The lowest BCUT2D eigenvalue weighted by Crippen LogP contribution is -2.09. The Bertz CT molecular complexity index is 830. The molecule has 3 aromatic carbocycles. The smallest absolute Gasteiger partial charge is 0.345 e. The molecular weight excluding hydrogens is 352 g/mol. The van der Waals surface area contributed by atoms with Crippen molar-refractivity contribution in [2.75, 3.05) is 0 Å². The molecule has 0 unspecified atom stereocenters. The number of esters is 1. The Kier molecular flexibility index (Phi) is 3.95. The van der Waals surface area contributed by atoms with Crippen LogP contribution >= 0.6 is 27.5 Å². The van der Waals surface area contributed by atoms with Gasteiger partial charge in [0, 0.05) is 0 Å². The first-order valence-corrected chi connectivity index (χ1v) is 7.48. The highest BCUT2D eigenvalue weighted by atomic mass is 79.9. The Labute approximate surface area is 135 Å². The maximum atomic E-state index is 12.2. The number of hydrogen-bond acceptors (Lipinski definition) is 2. The molecule has 104 valence electrons.